The number of hydrogen-bond donors (Lipinski definition) is 1. The van der Waals surface area contributed by atoms with Gasteiger partial charge in [0.25, 0.3) is 11.8 Å². The van der Waals surface area contributed by atoms with Crippen LogP contribution in [0, 0.1) is 0 Å². The summed E-state index contributed by atoms with van der Waals surface area (Å²) in [7, 11) is 0. The molecule has 2 amide bonds. The van der Waals surface area contributed by atoms with Crippen LogP contribution in [0.25, 0.3) is 11.1 Å². The zero-order chi connectivity index (χ0) is 26.8. The summed E-state index contributed by atoms with van der Waals surface area (Å²) < 4.78 is 6.01. The zero-order valence-corrected chi connectivity index (χ0v) is 21.4. The summed E-state index contributed by atoms with van der Waals surface area (Å²) in [4.78, 5) is 33.0. The maximum Gasteiger partial charge on any atom is 0.260 e. The summed E-state index contributed by atoms with van der Waals surface area (Å²) in [5.74, 6) is 0.424. The molecule has 0 spiro atoms. The van der Waals surface area contributed by atoms with Crippen molar-refractivity contribution in [3.8, 4) is 22.8 Å². The Kier molecular flexibility index (Phi) is 6.53. The van der Waals surface area contributed by atoms with Crippen LogP contribution in [0.15, 0.2) is 115 Å². The van der Waals surface area contributed by atoms with E-state index in [9.17, 15) is 9.59 Å². The van der Waals surface area contributed by atoms with E-state index in [1.165, 1.54) is 0 Å². The van der Waals surface area contributed by atoms with Gasteiger partial charge >= 0.3 is 0 Å². The molecule has 39 heavy (non-hydrogen) atoms. The van der Waals surface area contributed by atoms with Crippen LogP contribution in [0.4, 0.5) is 11.4 Å². The number of aromatic nitrogens is 1. The second-order valence-electron chi connectivity index (χ2n) is 8.99. The summed E-state index contributed by atoms with van der Waals surface area (Å²) in [6.07, 6.45) is 1.65. The first-order valence-electron chi connectivity index (χ1n) is 12.4. The molecule has 1 N–H and O–H groups in total. The highest BCUT2D eigenvalue weighted by molar-refractivity contribution is 6.35. The molecule has 0 fully saturated rings. The molecule has 0 aliphatic carbocycles. The van der Waals surface area contributed by atoms with Crippen LogP contribution in [0.1, 0.15) is 26.3 Å². The van der Waals surface area contributed by atoms with Gasteiger partial charge in [-0.3, -0.25) is 9.59 Å². The number of nitrogens with zero attached hydrogens (tertiary/aromatic N) is 2. The largest absolute Gasteiger partial charge is 0.436 e. The molecule has 0 saturated heterocycles. The standard InChI is InChI=1S/C32H22ClN3O3/c33-27-19-23(35-30(37)25-13-5-4-12-24(25)21-9-2-1-3-10-21)16-17-26(27)32(38)36-20-22-11-8-18-34-31(22)39-29-15-7-6-14-28(29)36/h1-19H,20H2,(H,35,37). The third-order valence-corrected chi connectivity index (χ3v) is 6.81. The van der Waals surface area contributed by atoms with E-state index < -0.39 is 0 Å². The van der Waals surface area contributed by atoms with Crippen LogP contribution in [0.5, 0.6) is 11.6 Å². The number of benzene rings is 4. The number of rotatable bonds is 4. The molecule has 6 nitrogen and oxygen atoms in total. The van der Waals surface area contributed by atoms with Crippen molar-refractivity contribution in [2.24, 2.45) is 0 Å². The van der Waals surface area contributed by atoms with Crippen LogP contribution in [-0.2, 0) is 6.54 Å². The fourth-order valence-electron chi connectivity index (χ4n) is 4.60. The van der Waals surface area contributed by atoms with Gasteiger partial charge in [-0.2, -0.15) is 0 Å². The van der Waals surface area contributed by atoms with E-state index in [4.69, 9.17) is 16.3 Å². The second kappa shape index (κ2) is 10.4. The zero-order valence-electron chi connectivity index (χ0n) is 20.7. The van der Waals surface area contributed by atoms with Crippen LogP contribution in [0.3, 0.4) is 0 Å². The molecule has 5 aromatic rings. The molecule has 0 unspecified atom stereocenters. The molecule has 0 atom stereocenters. The minimum absolute atomic E-state index is 0.225. The Bertz CT molecular complexity index is 1700. The van der Waals surface area contributed by atoms with Crippen LogP contribution in [-0.4, -0.2) is 16.8 Å². The maximum atomic E-state index is 13.8. The minimum atomic E-state index is -0.292. The molecule has 2 heterocycles. The van der Waals surface area contributed by atoms with Crippen molar-refractivity contribution >= 4 is 34.8 Å². The molecule has 1 aliphatic rings. The number of carbonyl (C=O) groups is 2. The van der Waals surface area contributed by atoms with Gasteiger partial charge in [0.1, 0.15) is 0 Å². The number of ether oxygens (including phenoxy) is 1. The number of amides is 2. The molecule has 7 heteroatoms. The van der Waals surface area contributed by atoms with E-state index in [0.717, 1.165) is 16.7 Å². The first-order valence-corrected chi connectivity index (χ1v) is 12.7. The molecule has 4 aromatic carbocycles. The van der Waals surface area contributed by atoms with Gasteiger partial charge in [0.2, 0.25) is 5.88 Å². The Morgan fingerprint density at radius 2 is 1.59 bits per heavy atom. The number of carbonyl (C=O) groups excluding carboxylic acids is 2. The number of nitrogens with one attached hydrogen (secondary N) is 1. The summed E-state index contributed by atoms with van der Waals surface area (Å²) in [6.45, 7) is 0.268. The Morgan fingerprint density at radius 1 is 0.821 bits per heavy atom. The molecule has 0 bridgehead atoms. The lowest BCUT2D eigenvalue weighted by molar-refractivity contribution is 0.0984. The average Bonchev–Trinajstić information content (AvgIpc) is 3.14. The highest BCUT2D eigenvalue weighted by Crippen LogP contribution is 2.39. The first kappa shape index (κ1) is 24.4. The summed E-state index contributed by atoms with van der Waals surface area (Å²) >= 11 is 6.63. The lowest BCUT2D eigenvalue weighted by atomic mass is 9.99. The Balaban J connectivity index is 1.28. The Hall–Kier alpha value is -4.94. The number of anilines is 2. The Morgan fingerprint density at radius 3 is 2.44 bits per heavy atom. The number of halogens is 1. The van der Waals surface area contributed by atoms with E-state index >= 15 is 0 Å². The van der Waals surface area contributed by atoms with Crippen LogP contribution >= 0.6 is 11.6 Å². The normalized spacial score (nSPS) is 12.0. The monoisotopic (exact) mass is 531 g/mol. The van der Waals surface area contributed by atoms with Gasteiger partial charge in [-0.15, -0.1) is 0 Å². The summed E-state index contributed by atoms with van der Waals surface area (Å²) in [5, 5.41) is 3.14. The van der Waals surface area contributed by atoms with Crippen molar-refractivity contribution in [1.29, 1.82) is 0 Å². The highest BCUT2D eigenvalue weighted by atomic mass is 35.5. The smallest absolute Gasteiger partial charge is 0.260 e. The Labute approximate surface area is 230 Å². The fraction of sp³-hybridized carbons (Fsp3) is 0.0312. The second-order valence-corrected chi connectivity index (χ2v) is 9.40. The third-order valence-electron chi connectivity index (χ3n) is 6.50. The minimum Gasteiger partial charge on any atom is -0.436 e. The van der Waals surface area contributed by atoms with Crippen molar-refractivity contribution in [3.05, 3.63) is 137 Å². The average molecular weight is 532 g/mol. The molecule has 0 saturated carbocycles. The molecular formula is C32H22ClN3O3. The maximum absolute atomic E-state index is 13.8. The highest BCUT2D eigenvalue weighted by Gasteiger charge is 2.28. The number of para-hydroxylation sites is 2. The predicted molar refractivity (Wildman–Crippen MR) is 153 cm³/mol. The number of fused-ring (bicyclic) bond motifs is 2. The van der Waals surface area contributed by atoms with Crippen molar-refractivity contribution in [2.45, 2.75) is 6.54 Å². The van der Waals surface area contributed by atoms with E-state index in [2.05, 4.69) is 10.3 Å². The fourth-order valence-corrected chi connectivity index (χ4v) is 4.87. The molecule has 0 radical (unpaired) electrons. The summed E-state index contributed by atoms with van der Waals surface area (Å²) in [6, 6.07) is 33.0. The number of pyridine rings is 1. The molecule has 190 valence electrons. The SMILES string of the molecule is O=C(Nc1ccc(C(=O)N2Cc3cccnc3Oc3ccccc32)c(Cl)c1)c1ccccc1-c1ccccc1. The van der Waals surface area contributed by atoms with E-state index in [-0.39, 0.29) is 23.4 Å². The van der Waals surface area contributed by atoms with Crippen LogP contribution in [0.2, 0.25) is 5.02 Å². The van der Waals surface area contributed by atoms with Crippen LogP contribution < -0.4 is 15.0 Å². The quantitative estimate of drug-likeness (QED) is 0.259. The lowest BCUT2D eigenvalue weighted by Gasteiger charge is -2.22. The van der Waals surface area contributed by atoms with Gasteiger partial charge in [0.05, 0.1) is 22.8 Å². The number of hydrogen-bond acceptors (Lipinski definition) is 4. The molecule has 1 aromatic heterocycles. The third kappa shape index (κ3) is 4.85. The predicted octanol–water partition coefficient (Wildman–Crippen LogP) is 7.61. The van der Waals surface area contributed by atoms with Gasteiger partial charge in [0.15, 0.2) is 5.75 Å². The van der Waals surface area contributed by atoms with E-state index in [1.807, 2.05) is 72.8 Å². The summed E-state index contributed by atoms with van der Waals surface area (Å²) in [5.41, 5.74) is 4.49. The van der Waals surface area contributed by atoms with Crippen molar-refractivity contribution in [3.63, 3.8) is 0 Å². The topological polar surface area (TPSA) is 71.5 Å². The van der Waals surface area contributed by atoms with Crippen molar-refractivity contribution in [2.75, 3.05) is 10.2 Å². The van der Waals surface area contributed by atoms with Crippen molar-refractivity contribution in [1.82, 2.24) is 4.98 Å². The van der Waals surface area contributed by atoms with E-state index in [1.54, 1.807) is 47.5 Å². The van der Waals surface area contributed by atoms with E-state index in [0.29, 0.717) is 34.1 Å². The van der Waals surface area contributed by atoms with Gasteiger partial charge in [0, 0.05) is 23.0 Å². The molecule has 6 rings (SSSR count). The van der Waals surface area contributed by atoms with Gasteiger partial charge < -0.3 is 15.0 Å². The van der Waals surface area contributed by atoms with Gasteiger partial charge in [-0.1, -0.05) is 78.3 Å². The molecule has 1 aliphatic heterocycles. The molecular weight excluding hydrogens is 510 g/mol. The van der Waals surface area contributed by atoms with Gasteiger partial charge in [-0.05, 0) is 53.6 Å². The lowest BCUT2D eigenvalue weighted by Crippen LogP contribution is -2.30. The van der Waals surface area contributed by atoms with Gasteiger partial charge in [-0.25, -0.2) is 4.98 Å². The van der Waals surface area contributed by atoms with Crippen molar-refractivity contribution < 1.29 is 14.3 Å². The first-order chi connectivity index (χ1) is 19.1.